The molecule has 1 amide bonds. The van der Waals surface area contributed by atoms with Crippen molar-refractivity contribution in [2.24, 2.45) is 0 Å². The van der Waals surface area contributed by atoms with E-state index in [1.165, 1.54) is 22.9 Å². The van der Waals surface area contributed by atoms with E-state index in [0.717, 1.165) is 16.3 Å². The maximum absolute atomic E-state index is 13.2. The first kappa shape index (κ1) is 22.6. The number of phenolic OH excluding ortho intramolecular Hbond substituents is 1. The third kappa shape index (κ3) is 4.07. The van der Waals surface area contributed by atoms with Gasteiger partial charge in [0.2, 0.25) is 5.91 Å². The lowest BCUT2D eigenvalue weighted by Crippen LogP contribution is -2.47. The number of hydrogen-bond acceptors (Lipinski definition) is 6. The predicted octanol–water partition coefficient (Wildman–Crippen LogP) is 5.39. The molecular weight excluding hydrogens is 490 g/mol. The Morgan fingerprint density at radius 2 is 2.06 bits per heavy atom. The Balaban J connectivity index is 1.68. The number of nitrogens with zero attached hydrogens (tertiary/aromatic N) is 3. The second-order valence-electron chi connectivity index (χ2n) is 7.91. The molecule has 1 N–H and O–H groups in total. The monoisotopic (exact) mass is 513 g/mol. The van der Waals surface area contributed by atoms with E-state index in [-0.39, 0.29) is 24.0 Å². The van der Waals surface area contributed by atoms with Crippen LogP contribution in [0.2, 0.25) is 0 Å². The fourth-order valence-electron chi connectivity index (χ4n) is 3.99. The average Bonchev–Trinajstić information content (AvgIpc) is 2.78. The molecule has 1 fully saturated rings. The molecule has 0 aliphatic carbocycles. The van der Waals surface area contributed by atoms with Crippen LogP contribution in [-0.4, -0.2) is 35.1 Å². The van der Waals surface area contributed by atoms with Crippen molar-refractivity contribution in [3.63, 3.8) is 0 Å². The van der Waals surface area contributed by atoms with Gasteiger partial charge in [-0.1, -0.05) is 17.8 Å². The van der Waals surface area contributed by atoms with Crippen molar-refractivity contribution >= 4 is 39.3 Å². The highest BCUT2D eigenvalue weighted by molar-refractivity contribution is 9.10. The van der Waals surface area contributed by atoms with Gasteiger partial charge in [0.15, 0.2) is 11.5 Å². The molecule has 0 bridgehead atoms. The fraction of sp³-hybridized carbons (Fsp3) is 0.333. The molecule has 8 heteroatoms. The number of fused-ring (bicyclic) bond motifs is 1. The van der Waals surface area contributed by atoms with Gasteiger partial charge in [-0.05, 0) is 77.7 Å². The second kappa shape index (κ2) is 9.08. The van der Waals surface area contributed by atoms with Gasteiger partial charge in [0.25, 0.3) is 0 Å². The summed E-state index contributed by atoms with van der Waals surface area (Å²) in [6, 6.07) is 12.1. The molecule has 6 nitrogen and oxygen atoms in total. The number of aromatic hydroxyl groups is 1. The van der Waals surface area contributed by atoms with E-state index in [0.29, 0.717) is 34.9 Å². The van der Waals surface area contributed by atoms with Gasteiger partial charge in [-0.25, -0.2) is 0 Å². The standard InChI is InChI=1S/C24H24BrN3O3S/c1-4-31-21-9-16(8-20(25)23(21)30)18-10-22(29)28-12-27(13-32-24(28)19(18)11-26)17-6-5-14(2)15(3)7-17/h5-9,18,30H,4,10,12-13H2,1-3H3. The molecular formula is C24H24BrN3O3S. The summed E-state index contributed by atoms with van der Waals surface area (Å²) in [5, 5.41) is 21.0. The molecule has 0 spiro atoms. The van der Waals surface area contributed by atoms with Crippen LogP contribution >= 0.6 is 27.7 Å². The molecule has 2 aromatic carbocycles. The molecule has 2 aliphatic heterocycles. The first-order valence-corrected chi connectivity index (χ1v) is 12.2. The van der Waals surface area contributed by atoms with Gasteiger partial charge in [0.05, 0.1) is 40.3 Å². The third-order valence-corrected chi connectivity index (χ3v) is 7.66. The Bertz CT molecular complexity index is 1160. The topological polar surface area (TPSA) is 76.8 Å². The largest absolute Gasteiger partial charge is 0.503 e. The third-order valence-electron chi connectivity index (χ3n) is 5.90. The average molecular weight is 514 g/mol. The van der Waals surface area contributed by atoms with Crippen LogP contribution in [0.15, 0.2) is 45.4 Å². The first-order valence-electron chi connectivity index (χ1n) is 10.4. The number of rotatable bonds is 4. The van der Waals surface area contributed by atoms with E-state index in [1.54, 1.807) is 17.0 Å². The van der Waals surface area contributed by atoms with Crippen LogP contribution in [0.3, 0.4) is 0 Å². The summed E-state index contributed by atoms with van der Waals surface area (Å²) in [6.45, 7) is 6.82. The summed E-state index contributed by atoms with van der Waals surface area (Å²) in [5.41, 5.74) is 4.85. The van der Waals surface area contributed by atoms with Crippen LogP contribution in [0, 0.1) is 25.2 Å². The number of carbonyl (C=O) groups excluding carboxylic acids is 1. The molecule has 1 atom stereocenters. The minimum Gasteiger partial charge on any atom is -0.503 e. The maximum atomic E-state index is 13.2. The number of aryl methyl sites for hydroxylation is 2. The van der Waals surface area contributed by atoms with Gasteiger partial charge in [-0.3, -0.25) is 9.69 Å². The van der Waals surface area contributed by atoms with Gasteiger partial charge >= 0.3 is 0 Å². The molecule has 1 saturated heterocycles. The predicted molar refractivity (Wildman–Crippen MR) is 130 cm³/mol. The minimum atomic E-state index is -0.379. The molecule has 0 aromatic heterocycles. The number of halogens is 1. The van der Waals surface area contributed by atoms with Crippen LogP contribution in [0.4, 0.5) is 5.69 Å². The van der Waals surface area contributed by atoms with Crippen molar-refractivity contribution in [3.8, 4) is 17.6 Å². The highest BCUT2D eigenvalue weighted by atomic mass is 79.9. The van der Waals surface area contributed by atoms with Crippen molar-refractivity contribution in [2.45, 2.75) is 33.1 Å². The Kier molecular flexibility index (Phi) is 6.40. The highest BCUT2D eigenvalue weighted by Gasteiger charge is 2.38. The summed E-state index contributed by atoms with van der Waals surface area (Å²) in [7, 11) is 0. The van der Waals surface area contributed by atoms with Crippen molar-refractivity contribution in [2.75, 3.05) is 24.1 Å². The first-order chi connectivity index (χ1) is 15.3. The quantitative estimate of drug-likeness (QED) is 0.590. The number of hydrogen-bond donors (Lipinski definition) is 1. The van der Waals surface area contributed by atoms with Crippen LogP contribution in [0.25, 0.3) is 0 Å². The lowest BCUT2D eigenvalue weighted by Gasteiger charge is -2.42. The summed E-state index contributed by atoms with van der Waals surface area (Å²) >= 11 is 4.88. The van der Waals surface area contributed by atoms with E-state index in [2.05, 4.69) is 58.9 Å². The van der Waals surface area contributed by atoms with Crippen LogP contribution < -0.4 is 9.64 Å². The zero-order valence-electron chi connectivity index (χ0n) is 18.2. The van der Waals surface area contributed by atoms with Gasteiger partial charge < -0.3 is 14.7 Å². The van der Waals surface area contributed by atoms with E-state index in [1.807, 2.05) is 6.92 Å². The van der Waals surface area contributed by atoms with Gasteiger partial charge in [-0.2, -0.15) is 5.26 Å². The summed E-state index contributed by atoms with van der Waals surface area (Å²) in [6.07, 6.45) is 0.191. The Morgan fingerprint density at radius 1 is 1.28 bits per heavy atom. The molecule has 0 saturated carbocycles. The van der Waals surface area contributed by atoms with Crippen molar-refractivity contribution in [1.29, 1.82) is 5.26 Å². The number of ether oxygens (including phenoxy) is 1. The molecule has 2 aliphatic rings. The molecule has 2 heterocycles. The van der Waals surface area contributed by atoms with Gasteiger partial charge in [-0.15, -0.1) is 0 Å². The zero-order chi connectivity index (χ0) is 23.0. The van der Waals surface area contributed by atoms with Crippen LogP contribution in [-0.2, 0) is 4.79 Å². The maximum Gasteiger partial charge on any atom is 0.229 e. The molecule has 4 rings (SSSR count). The fourth-order valence-corrected chi connectivity index (χ4v) is 5.62. The number of phenols is 1. The summed E-state index contributed by atoms with van der Waals surface area (Å²) in [5.74, 6) is 0.610. The molecule has 0 radical (unpaired) electrons. The number of allylic oxidation sites excluding steroid dienone is 1. The highest BCUT2D eigenvalue weighted by Crippen LogP contribution is 2.46. The van der Waals surface area contributed by atoms with Gasteiger partial charge in [0, 0.05) is 18.0 Å². The molecule has 1 unspecified atom stereocenters. The number of thioether (sulfide) groups is 1. The molecule has 166 valence electrons. The molecule has 2 aromatic rings. The smallest absolute Gasteiger partial charge is 0.229 e. The zero-order valence-corrected chi connectivity index (χ0v) is 20.6. The molecule has 32 heavy (non-hydrogen) atoms. The van der Waals surface area contributed by atoms with E-state index in [9.17, 15) is 15.2 Å². The number of anilines is 1. The lowest BCUT2D eigenvalue weighted by atomic mass is 9.86. The normalized spacial score (nSPS) is 18.5. The van der Waals surface area contributed by atoms with E-state index < -0.39 is 0 Å². The number of carbonyl (C=O) groups is 1. The number of benzene rings is 2. The lowest BCUT2D eigenvalue weighted by molar-refractivity contribution is -0.129. The van der Waals surface area contributed by atoms with Crippen molar-refractivity contribution in [3.05, 3.63) is 62.1 Å². The Labute approximate surface area is 200 Å². The Hall–Kier alpha value is -2.63. The minimum absolute atomic E-state index is 0.0154. The van der Waals surface area contributed by atoms with Crippen molar-refractivity contribution in [1.82, 2.24) is 4.90 Å². The summed E-state index contributed by atoms with van der Waals surface area (Å²) < 4.78 is 6.03. The second-order valence-corrected chi connectivity index (χ2v) is 9.70. The summed E-state index contributed by atoms with van der Waals surface area (Å²) in [4.78, 5) is 17.1. The number of amides is 1. The van der Waals surface area contributed by atoms with E-state index >= 15 is 0 Å². The van der Waals surface area contributed by atoms with Gasteiger partial charge in [0.1, 0.15) is 0 Å². The van der Waals surface area contributed by atoms with E-state index in [4.69, 9.17) is 4.74 Å². The van der Waals surface area contributed by atoms with Crippen LogP contribution in [0.5, 0.6) is 11.5 Å². The van der Waals surface area contributed by atoms with Crippen molar-refractivity contribution < 1.29 is 14.6 Å². The van der Waals surface area contributed by atoms with Crippen LogP contribution in [0.1, 0.15) is 36.0 Å². The Morgan fingerprint density at radius 3 is 2.75 bits per heavy atom. The SMILES string of the molecule is CCOc1cc(C2CC(=O)N3CN(c4ccc(C)c(C)c4)CSC3=C2C#N)cc(Br)c1O. The number of nitriles is 1.